The van der Waals surface area contributed by atoms with Gasteiger partial charge in [-0.25, -0.2) is 24.9 Å². The molecule has 0 aromatic carbocycles. The maximum Gasteiger partial charge on any atom is 0.218 e. The van der Waals surface area contributed by atoms with Gasteiger partial charge in [0.1, 0.15) is 51.3 Å². The molecular formula is C102H150N12O4S4. The van der Waals surface area contributed by atoms with E-state index < -0.39 is 0 Å². The zero-order valence-electron chi connectivity index (χ0n) is 81.0. The summed E-state index contributed by atoms with van der Waals surface area (Å²) in [6.07, 6.45) is 33.4. The van der Waals surface area contributed by atoms with Crippen LogP contribution in [0.2, 0.25) is 0 Å². The molecule has 666 valence electrons. The van der Waals surface area contributed by atoms with Crippen molar-refractivity contribution < 1.29 is 17.9 Å². The molecule has 122 heavy (non-hydrogen) atoms. The summed E-state index contributed by atoms with van der Waals surface area (Å²) in [5.41, 5.74) is 15.7. The lowest BCUT2D eigenvalue weighted by molar-refractivity contribution is 0.328. The van der Waals surface area contributed by atoms with Gasteiger partial charge in [0, 0.05) is 108 Å². The zero-order chi connectivity index (χ0) is 94.2. The summed E-state index contributed by atoms with van der Waals surface area (Å²) in [6.45, 7) is 112. The number of nitrogens with zero attached hydrogens (tertiary/aromatic N) is 12. The van der Waals surface area contributed by atoms with E-state index in [1.807, 2.05) is 37.7 Å². The fraction of sp³-hybridized carbons (Fsp3) is 0.461. The van der Waals surface area contributed by atoms with Crippen molar-refractivity contribution >= 4 is 112 Å². The van der Waals surface area contributed by atoms with Crippen LogP contribution in [0.15, 0.2) is 190 Å². The number of imidazole rings is 1. The molecule has 0 aliphatic carbocycles. The van der Waals surface area contributed by atoms with Gasteiger partial charge in [-0.15, -0.1) is 22.7 Å². The summed E-state index contributed by atoms with van der Waals surface area (Å²) in [5.74, 6) is 3.91. The van der Waals surface area contributed by atoms with Crippen molar-refractivity contribution in [3.63, 3.8) is 0 Å². The molecule has 9 aromatic rings. The highest BCUT2D eigenvalue weighted by Crippen LogP contribution is 2.35. The number of thiazole rings is 2. The average Bonchev–Trinajstić information content (AvgIpc) is 1.68. The SMILES string of the molecule is C=CC1=NC(C(C)(C)C)=CC1.C=CC1=NCC(C(C)(C)C)=C1.C=Cc1cc(C(C)(C)C)on1.C=Cc1cc(C(C)(C)C)sn1.C=Cc1nc(C(C)(C)C)co1.C=Cc1nc(C(C)(C)C)cs1.C=Cc1ncc(C(C)(C)C)n1C.C=Cc1ncc(C(C)(C)C)o1.C=Cc1ncc(C(C)(C)C)s1.C=Cc1nocc1C(C)(C)C.C=Cc1nscc1C(C)(C)C. The van der Waals surface area contributed by atoms with Crippen molar-refractivity contribution in [1.29, 1.82) is 0 Å². The van der Waals surface area contributed by atoms with Crippen LogP contribution in [0, 0.1) is 10.8 Å². The number of rotatable bonds is 11. The fourth-order valence-electron chi connectivity index (χ4n) is 9.68. The van der Waals surface area contributed by atoms with Crippen molar-refractivity contribution in [1.82, 2.24) is 48.5 Å². The summed E-state index contributed by atoms with van der Waals surface area (Å²) < 4.78 is 30.9. The predicted molar refractivity (Wildman–Crippen MR) is 537 cm³/mol. The molecule has 11 rings (SSSR count). The van der Waals surface area contributed by atoms with E-state index in [0.29, 0.717) is 11.8 Å². The largest absolute Gasteiger partial charge is 0.445 e. The molecule has 0 N–H and O–H groups in total. The van der Waals surface area contributed by atoms with Crippen LogP contribution in [0.25, 0.3) is 54.7 Å². The first-order valence-electron chi connectivity index (χ1n) is 41.0. The van der Waals surface area contributed by atoms with Gasteiger partial charge in [0.2, 0.25) is 11.8 Å². The molecule has 2 aliphatic heterocycles. The van der Waals surface area contributed by atoms with Gasteiger partial charge in [-0.05, 0) is 140 Å². The first-order valence-corrected chi connectivity index (χ1v) is 44.3. The van der Waals surface area contributed by atoms with Crippen LogP contribution >= 0.6 is 45.7 Å². The highest BCUT2D eigenvalue weighted by molar-refractivity contribution is 7.12. The van der Waals surface area contributed by atoms with Crippen molar-refractivity contribution in [2.75, 3.05) is 6.54 Å². The Morgan fingerprint density at radius 3 is 1.29 bits per heavy atom. The Morgan fingerprint density at radius 2 is 1.00 bits per heavy atom. The van der Waals surface area contributed by atoms with Crippen LogP contribution in [0.1, 0.15) is 335 Å². The first-order chi connectivity index (χ1) is 55.9. The number of allylic oxidation sites excluding steroid dienone is 5. The highest BCUT2D eigenvalue weighted by atomic mass is 32.1. The maximum atomic E-state index is 5.37. The molecule has 0 unspecified atom stereocenters. The van der Waals surface area contributed by atoms with E-state index in [1.165, 1.54) is 43.8 Å². The Morgan fingerprint density at radius 1 is 0.434 bits per heavy atom. The molecule has 0 bridgehead atoms. The van der Waals surface area contributed by atoms with Crippen LogP contribution in [-0.4, -0.2) is 66.5 Å². The van der Waals surface area contributed by atoms with Crippen LogP contribution in [-0.2, 0) is 55.8 Å². The lowest BCUT2D eigenvalue weighted by Gasteiger charge is -2.18. The monoisotopic (exact) mass is 1740 g/mol. The van der Waals surface area contributed by atoms with Gasteiger partial charge >= 0.3 is 0 Å². The third-order valence-corrected chi connectivity index (χ3v) is 21.8. The summed E-state index contributed by atoms with van der Waals surface area (Å²) >= 11 is 6.41. The van der Waals surface area contributed by atoms with Gasteiger partial charge in [0.25, 0.3) is 0 Å². The van der Waals surface area contributed by atoms with E-state index in [2.05, 4.69) is 388 Å². The molecule has 16 nitrogen and oxygen atoms in total. The summed E-state index contributed by atoms with van der Waals surface area (Å²) in [5, 5.41) is 13.8. The quantitative estimate of drug-likeness (QED) is 0.119. The molecule has 0 saturated heterocycles. The number of aliphatic imine (C=N–C) groups is 2. The van der Waals surface area contributed by atoms with Crippen molar-refractivity contribution in [2.45, 2.75) is 284 Å². The summed E-state index contributed by atoms with van der Waals surface area (Å²) in [7, 11) is 2.02. The molecule has 0 amide bonds. The molecule has 0 atom stereocenters. The van der Waals surface area contributed by atoms with E-state index in [0.717, 1.165) is 91.5 Å². The van der Waals surface area contributed by atoms with Crippen LogP contribution in [0.3, 0.4) is 0 Å². The molecule has 9 aromatic heterocycles. The first kappa shape index (κ1) is 111. The molecule has 0 fully saturated rings. The molecule has 0 saturated carbocycles. The number of aromatic nitrogens is 10. The molecule has 11 heterocycles. The van der Waals surface area contributed by atoms with Gasteiger partial charge in [0.05, 0.1) is 41.2 Å². The predicted octanol–water partition coefficient (Wildman–Crippen LogP) is 30.7. The molecule has 2 aliphatic rings. The van der Waals surface area contributed by atoms with Gasteiger partial charge in [-0.2, -0.15) is 8.75 Å². The second kappa shape index (κ2) is 48.0. The minimum absolute atomic E-state index is 0.0360. The lowest BCUT2D eigenvalue weighted by Crippen LogP contribution is -2.16. The minimum atomic E-state index is 0.0360. The standard InChI is InChI=1S/C10H16N2.2C10H15N.4C9H13NO.4C9H13NS/c1-6-9-11-7-8(12(9)5)10(2,3)4;1-5-9-6-8(7-11-9)10(2,3)4;1-5-8-6-7-9(11-8)10(2,3)4;1-5-8-10-7(6-11-8)9(2,3)4;1-5-8-10-6-7(11-8)9(2,3)4;1-5-8-7(6-11-10-8)9(2,3)4;1-5-7-6-8(11-10-7)9(2,3)4;1-5-8-10-7(6-11-8)9(2,3)4;1-5-8-10-6-7(11-8)9(2,3)4;1-5-8-7(6-11-10-8)9(2,3)4;1-5-7-6-8(11-10-7)9(2,3)4/h6-7H,1H2,2-5H3;5-6H,1,7H2,2-4H3;5,7H,1,6H2,2-4H3;8*5-6H,1H2,2-4H3. The molecular weight excluding hydrogens is 1590 g/mol. The zero-order valence-corrected chi connectivity index (χ0v) is 84.3. The van der Waals surface area contributed by atoms with E-state index in [1.54, 1.807) is 108 Å². The summed E-state index contributed by atoms with van der Waals surface area (Å²) in [6, 6.07) is 4.00. The van der Waals surface area contributed by atoms with Crippen LogP contribution in [0.5, 0.6) is 0 Å². The number of hydrogen-bond donors (Lipinski definition) is 0. The van der Waals surface area contributed by atoms with E-state index in [-0.39, 0.29) is 59.6 Å². The second-order valence-electron chi connectivity index (χ2n) is 40.1. The average molecular weight is 1740 g/mol. The Bertz CT molecular complexity index is 4430. The van der Waals surface area contributed by atoms with E-state index in [9.17, 15) is 0 Å². The van der Waals surface area contributed by atoms with Gasteiger partial charge in [-0.3, -0.25) is 9.98 Å². The third kappa shape index (κ3) is 39.4. The van der Waals surface area contributed by atoms with Crippen LogP contribution in [0.4, 0.5) is 0 Å². The van der Waals surface area contributed by atoms with E-state index >= 15 is 0 Å². The normalized spacial score (nSPS) is 12.7. The van der Waals surface area contributed by atoms with Gasteiger partial charge < -0.3 is 22.4 Å². The van der Waals surface area contributed by atoms with Crippen molar-refractivity contribution in [3.8, 4) is 0 Å². The van der Waals surface area contributed by atoms with Crippen LogP contribution < -0.4 is 0 Å². The van der Waals surface area contributed by atoms with Crippen molar-refractivity contribution in [2.24, 2.45) is 27.9 Å². The highest BCUT2D eigenvalue weighted by Gasteiger charge is 2.26. The molecule has 0 radical (unpaired) electrons. The molecule has 20 heteroatoms. The lowest BCUT2D eigenvalue weighted by atomic mass is 9.87. The molecule has 0 spiro atoms. The topological polar surface area (TPSA) is 198 Å². The maximum absolute atomic E-state index is 5.37. The smallest absolute Gasteiger partial charge is 0.218 e. The summed E-state index contributed by atoms with van der Waals surface area (Å²) in [4.78, 5) is 32.4. The second-order valence-corrected chi connectivity index (χ2v) is 43.5. The Kier molecular flexibility index (Phi) is 43.5. The van der Waals surface area contributed by atoms with E-state index in [4.69, 9.17) is 17.9 Å². The van der Waals surface area contributed by atoms with Crippen molar-refractivity contribution in [3.05, 3.63) is 262 Å². The third-order valence-electron chi connectivity index (χ3n) is 17.6. The number of oxazole rings is 2. The minimum Gasteiger partial charge on any atom is -0.445 e. The van der Waals surface area contributed by atoms with Gasteiger partial charge in [0.15, 0.2) is 0 Å². The number of hydrogen-bond acceptors (Lipinski definition) is 19. The Hall–Kier alpha value is -9.47. The van der Waals surface area contributed by atoms with Gasteiger partial charge in [-0.1, -0.05) is 317 Å². The fourth-order valence-corrected chi connectivity index (χ4v) is 13.1. The Labute approximate surface area is 752 Å². The Balaban J connectivity index is 0.000000671.